The smallest absolute Gasteiger partial charge is 0.278 e. The minimum absolute atomic E-state index is 0.155. The average molecular weight is 334 g/mol. The van der Waals surface area contributed by atoms with Gasteiger partial charge in [0, 0.05) is 12.8 Å². The van der Waals surface area contributed by atoms with Gasteiger partial charge >= 0.3 is 0 Å². The Labute approximate surface area is 136 Å². The minimum atomic E-state index is -0.563. The maximum absolute atomic E-state index is 11.9. The molecule has 0 amide bonds. The molecule has 5 rings (SSSR count). The van der Waals surface area contributed by atoms with Crippen molar-refractivity contribution in [2.75, 3.05) is 6.61 Å². The van der Waals surface area contributed by atoms with Crippen molar-refractivity contribution in [3.8, 4) is 0 Å². The number of aromatic amines is 1. The molecule has 1 saturated carbocycles. The lowest BCUT2D eigenvalue weighted by Gasteiger charge is -2.27. The van der Waals surface area contributed by atoms with E-state index in [1.54, 1.807) is 4.57 Å². The Bertz CT molecular complexity index is 827. The van der Waals surface area contributed by atoms with Crippen molar-refractivity contribution in [1.29, 1.82) is 0 Å². The fraction of sp³-hybridized carbons (Fsp3) is 0.667. The summed E-state index contributed by atoms with van der Waals surface area (Å²) in [5.74, 6) is -0.563. The maximum atomic E-state index is 11.9. The largest absolute Gasteiger partial charge is 0.394 e. The number of fused-ring (bicyclic) bond motifs is 2. The number of nitrogens with zero attached hydrogens (tertiary/aromatic N) is 3. The SMILES string of the molecule is O=c1[nH]cnc2c1ncn2[C@@H]1O[C@H](CO)[C@H]2OC3(CCCC3)O[C@H]21. The summed E-state index contributed by atoms with van der Waals surface area (Å²) in [6, 6.07) is 0. The predicted molar refractivity (Wildman–Crippen MR) is 80.1 cm³/mol. The quantitative estimate of drug-likeness (QED) is 0.799. The third kappa shape index (κ3) is 1.92. The average Bonchev–Trinajstić information content (AvgIpc) is 3.33. The number of aromatic nitrogens is 4. The molecule has 9 nitrogen and oxygen atoms in total. The summed E-state index contributed by atoms with van der Waals surface area (Å²) in [5, 5.41) is 9.66. The molecule has 0 radical (unpaired) electrons. The van der Waals surface area contributed by atoms with Crippen molar-refractivity contribution in [3.63, 3.8) is 0 Å². The number of aliphatic hydroxyl groups excluding tert-OH is 1. The van der Waals surface area contributed by atoms with Crippen LogP contribution in [0.2, 0.25) is 0 Å². The molecule has 128 valence electrons. The molecule has 2 N–H and O–H groups in total. The van der Waals surface area contributed by atoms with Crippen LogP contribution in [0.5, 0.6) is 0 Å². The highest BCUT2D eigenvalue weighted by Crippen LogP contribution is 2.49. The van der Waals surface area contributed by atoms with Crippen molar-refractivity contribution in [2.45, 2.75) is 56.0 Å². The third-order valence-corrected chi connectivity index (χ3v) is 5.17. The normalized spacial score (nSPS) is 34.4. The van der Waals surface area contributed by atoms with E-state index in [1.807, 2.05) is 0 Å². The molecule has 2 aromatic rings. The van der Waals surface area contributed by atoms with E-state index in [0.717, 1.165) is 25.7 Å². The van der Waals surface area contributed by atoms with E-state index < -0.39 is 18.1 Å². The Balaban J connectivity index is 1.55. The molecule has 4 heterocycles. The Morgan fingerprint density at radius 2 is 2.08 bits per heavy atom. The zero-order valence-corrected chi connectivity index (χ0v) is 12.9. The molecule has 1 spiro atoms. The zero-order chi connectivity index (χ0) is 16.3. The first-order valence-corrected chi connectivity index (χ1v) is 8.23. The molecule has 4 atom stereocenters. The van der Waals surface area contributed by atoms with Crippen molar-refractivity contribution >= 4 is 11.2 Å². The van der Waals surface area contributed by atoms with E-state index in [-0.39, 0.29) is 29.9 Å². The van der Waals surface area contributed by atoms with Crippen LogP contribution >= 0.6 is 0 Å². The van der Waals surface area contributed by atoms with Gasteiger partial charge in [0.15, 0.2) is 23.2 Å². The van der Waals surface area contributed by atoms with Gasteiger partial charge in [-0.15, -0.1) is 0 Å². The molecular formula is C15H18N4O5. The lowest BCUT2D eigenvalue weighted by molar-refractivity contribution is -0.215. The van der Waals surface area contributed by atoms with Gasteiger partial charge in [0.05, 0.1) is 19.3 Å². The van der Waals surface area contributed by atoms with Gasteiger partial charge in [0.2, 0.25) is 0 Å². The third-order valence-electron chi connectivity index (χ3n) is 5.17. The van der Waals surface area contributed by atoms with Crippen LogP contribution in [0.4, 0.5) is 0 Å². The lowest BCUT2D eigenvalue weighted by Crippen LogP contribution is -2.33. The van der Waals surface area contributed by atoms with Crippen molar-refractivity contribution in [3.05, 3.63) is 23.0 Å². The van der Waals surface area contributed by atoms with E-state index in [1.165, 1.54) is 12.7 Å². The monoisotopic (exact) mass is 334 g/mol. The summed E-state index contributed by atoms with van der Waals surface area (Å²) in [7, 11) is 0. The molecule has 0 aromatic carbocycles. The van der Waals surface area contributed by atoms with Gasteiger partial charge in [-0.2, -0.15) is 0 Å². The number of nitrogens with one attached hydrogen (secondary N) is 1. The number of hydrogen-bond donors (Lipinski definition) is 2. The second-order valence-electron chi connectivity index (χ2n) is 6.59. The fourth-order valence-electron chi connectivity index (χ4n) is 4.07. The zero-order valence-electron chi connectivity index (χ0n) is 12.9. The van der Waals surface area contributed by atoms with Crippen molar-refractivity contribution < 1.29 is 19.3 Å². The highest BCUT2D eigenvalue weighted by Gasteiger charge is 2.59. The summed E-state index contributed by atoms with van der Waals surface area (Å²) in [6.45, 7) is -0.155. The molecule has 1 aliphatic carbocycles. The van der Waals surface area contributed by atoms with E-state index in [2.05, 4.69) is 15.0 Å². The van der Waals surface area contributed by atoms with Gasteiger partial charge in [-0.25, -0.2) is 9.97 Å². The van der Waals surface area contributed by atoms with E-state index in [4.69, 9.17) is 14.2 Å². The first-order valence-electron chi connectivity index (χ1n) is 8.23. The number of rotatable bonds is 2. The van der Waals surface area contributed by atoms with Crippen molar-refractivity contribution in [1.82, 2.24) is 19.5 Å². The summed E-state index contributed by atoms with van der Waals surface area (Å²) in [5.41, 5.74) is 0.375. The van der Waals surface area contributed by atoms with Gasteiger partial charge < -0.3 is 24.3 Å². The van der Waals surface area contributed by atoms with Crippen LogP contribution in [-0.2, 0) is 14.2 Å². The molecule has 0 bridgehead atoms. The number of H-pyrrole nitrogens is 1. The maximum Gasteiger partial charge on any atom is 0.278 e. The number of ether oxygens (including phenoxy) is 3. The molecule has 24 heavy (non-hydrogen) atoms. The number of hydrogen-bond acceptors (Lipinski definition) is 7. The predicted octanol–water partition coefficient (Wildman–Crippen LogP) is 0.0636. The van der Waals surface area contributed by atoms with Crippen molar-refractivity contribution in [2.24, 2.45) is 0 Å². The molecule has 9 heteroatoms. The van der Waals surface area contributed by atoms with Crippen LogP contribution in [0, 0.1) is 0 Å². The topological polar surface area (TPSA) is 111 Å². The molecular weight excluding hydrogens is 316 g/mol. The van der Waals surface area contributed by atoms with Gasteiger partial charge in [-0.05, 0) is 12.8 Å². The molecule has 2 saturated heterocycles. The first kappa shape index (κ1) is 14.5. The Morgan fingerprint density at radius 3 is 2.88 bits per heavy atom. The van der Waals surface area contributed by atoms with E-state index in [0.29, 0.717) is 5.65 Å². The summed E-state index contributed by atoms with van der Waals surface area (Å²) in [6.07, 6.45) is 5.00. The second kappa shape index (κ2) is 5.09. The Kier molecular flexibility index (Phi) is 3.08. The van der Waals surface area contributed by atoms with Crippen LogP contribution < -0.4 is 5.56 Å². The fourth-order valence-corrected chi connectivity index (χ4v) is 4.07. The van der Waals surface area contributed by atoms with Crippen LogP contribution in [-0.4, -0.2) is 55.3 Å². The first-order chi connectivity index (χ1) is 11.7. The van der Waals surface area contributed by atoms with Crippen LogP contribution in [0.25, 0.3) is 11.2 Å². The Hall–Kier alpha value is -1.81. The van der Waals surface area contributed by atoms with Gasteiger partial charge in [0.1, 0.15) is 18.3 Å². The second-order valence-corrected chi connectivity index (χ2v) is 6.59. The van der Waals surface area contributed by atoms with Gasteiger partial charge in [0.25, 0.3) is 5.56 Å². The van der Waals surface area contributed by atoms with E-state index in [9.17, 15) is 9.90 Å². The highest BCUT2D eigenvalue weighted by atomic mass is 16.8. The van der Waals surface area contributed by atoms with Gasteiger partial charge in [-0.1, -0.05) is 0 Å². The standard InChI is InChI=1S/C15H18N4O5/c20-5-8-10-11(24-15(23-10)3-1-2-4-15)14(22-8)19-7-18-9-12(19)16-6-17-13(9)21/h6-8,10-11,14,20H,1-5H2,(H,16,17,21)/t8-,10-,11-,14-/m1/s1. The van der Waals surface area contributed by atoms with Crippen LogP contribution in [0.3, 0.4) is 0 Å². The molecule has 2 aromatic heterocycles. The lowest BCUT2D eigenvalue weighted by atomic mass is 10.1. The van der Waals surface area contributed by atoms with Gasteiger partial charge in [-0.3, -0.25) is 9.36 Å². The number of aliphatic hydroxyl groups is 1. The summed E-state index contributed by atoms with van der Waals surface area (Å²) < 4.78 is 20.1. The summed E-state index contributed by atoms with van der Waals surface area (Å²) >= 11 is 0. The van der Waals surface area contributed by atoms with Crippen LogP contribution in [0.1, 0.15) is 31.9 Å². The Morgan fingerprint density at radius 1 is 1.29 bits per heavy atom. The van der Waals surface area contributed by atoms with Crippen LogP contribution in [0.15, 0.2) is 17.4 Å². The molecule has 3 aliphatic rings. The highest BCUT2D eigenvalue weighted by molar-refractivity contribution is 5.68. The summed E-state index contributed by atoms with van der Waals surface area (Å²) in [4.78, 5) is 22.7. The molecule has 3 fully saturated rings. The minimum Gasteiger partial charge on any atom is -0.394 e. The van der Waals surface area contributed by atoms with E-state index >= 15 is 0 Å². The number of imidazole rings is 1. The molecule has 0 unspecified atom stereocenters. The molecule has 2 aliphatic heterocycles.